The Labute approximate surface area is 113 Å². The zero-order chi connectivity index (χ0) is 13.8. The van der Waals surface area contributed by atoms with Crippen molar-refractivity contribution in [1.82, 2.24) is 0 Å². The van der Waals surface area contributed by atoms with E-state index in [4.69, 9.17) is 4.74 Å². The van der Waals surface area contributed by atoms with Gasteiger partial charge in [-0.3, -0.25) is 10.1 Å². The second-order valence-corrected chi connectivity index (χ2v) is 5.13. The number of ether oxygens (including phenoxy) is 1. The average molecular weight is 264 g/mol. The number of methoxy groups -OCH3 is 1. The van der Waals surface area contributed by atoms with Gasteiger partial charge in [0.05, 0.1) is 12.0 Å². The van der Waals surface area contributed by atoms with Crippen LogP contribution >= 0.6 is 0 Å². The molecule has 1 aromatic carbocycles. The van der Waals surface area contributed by atoms with Crippen molar-refractivity contribution in [3.8, 4) is 5.75 Å². The summed E-state index contributed by atoms with van der Waals surface area (Å²) in [5.74, 6) is 0.845. The van der Waals surface area contributed by atoms with Gasteiger partial charge in [-0.25, -0.2) is 0 Å². The van der Waals surface area contributed by atoms with Crippen LogP contribution in [-0.4, -0.2) is 18.1 Å². The molecule has 104 valence electrons. The predicted molar refractivity (Wildman–Crippen MR) is 74.7 cm³/mol. The van der Waals surface area contributed by atoms with Crippen LogP contribution in [0.4, 0.5) is 11.4 Å². The lowest BCUT2D eigenvalue weighted by Gasteiger charge is -2.30. The second-order valence-electron chi connectivity index (χ2n) is 5.13. The van der Waals surface area contributed by atoms with E-state index in [0.717, 1.165) is 6.42 Å². The first-order chi connectivity index (χ1) is 9.13. The Morgan fingerprint density at radius 2 is 2.11 bits per heavy atom. The third-order valence-electron chi connectivity index (χ3n) is 3.85. The molecule has 0 amide bonds. The summed E-state index contributed by atoms with van der Waals surface area (Å²) in [6, 6.07) is 5.46. The van der Waals surface area contributed by atoms with E-state index in [1.807, 2.05) is 0 Å². The number of nitro groups is 1. The molecule has 1 aliphatic rings. The Balaban J connectivity index is 2.26. The predicted octanol–water partition coefficient (Wildman–Crippen LogP) is 3.59. The summed E-state index contributed by atoms with van der Waals surface area (Å²) in [5, 5.41) is 14.5. The number of nitro benzene ring substituents is 1. The molecular weight excluding hydrogens is 244 g/mol. The third-order valence-corrected chi connectivity index (χ3v) is 3.85. The number of para-hydroxylation sites is 1. The summed E-state index contributed by atoms with van der Waals surface area (Å²) < 4.78 is 5.08. The van der Waals surface area contributed by atoms with E-state index in [1.165, 1.54) is 26.4 Å². The van der Waals surface area contributed by atoms with Gasteiger partial charge in [-0.05, 0) is 30.9 Å². The topological polar surface area (TPSA) is 64.4 Å². The van der Waals surface area contributed by atoms with Crippen LogP contribution in [-0.2, 0) is 0 Å². The molecule has 0 saturated heterocycles. The van der Waals surface area contributed by atoms with Crippen molar-refractivity contribution in [2.75, 3.05) is 12.4 Å². The first kappa shape index (κ1) is 13.6. The van der Waals surface area contributed by atoms with E-state index < -0.39 is 0 Å². The molecule has 2 rings (SSSR count). The van der Waals surface area contributed by atoms with Crippen LogP contribution in [0.1, 0.15) is 32.6 Å². The van der Waals surface area contributed by atoms with Crippen LogP contribution in [0.3, 0.4) is 0 Å². The molecule has 5 nitrogen and oxygen atoms in total. The minimum absolute atomic E-state index is 0.0303. The van der Waals surface area contributed by atoms with E-state index in [0.29, 0.717) is 23.4 Å². The Kier molecular flexibility index (Phi) is 4.24. The first-order valence-corrected chi connectivity index (χ1v) is 6.71. The van der Waals surface area contributed by atoms with Gasteiger partial charge in [0.1, 0.15) is 5.69 Å². The number of anilines is 1. The molecule has 5 heteroatoms. The minimum Gasteiger partial charge on any atom is -0.490 e. The molecule has 19 heavy (non-hydrogen) atoms. The van der Waals surface area contributed by atoms with Crippen molar-refractivity contribution in [3.05, 3.63) is 28.3 Å². The highest BCUT2D eigenvalue weighted by Crippen LogP contribution is 2.36. The van der Waals surface area contributed by atoms with Gasteiger partial charge in [-0.15, -0.1) is 0 Å². The molecule has 0 spiro atoms. The van der Waals surface area contributed by atoms with Crippen molar-refractivity contribution >= 4 is 11.4 Å². The molecule has 0 heterocycles. The average Bonchev–Trinajstić information content (AvgIpc) is 2.40. The van der Waals surface area contributed by atoms with E-state index in [1.54, 1.807) is 18.2 Å². The number of nitrogens with zero attached hydrogens (tertiary/aromatic N) is 1. The number of benzene rings is 1. The molecule has 0 bridgehead atoms. The van der Waals surface area contributed by atoms with Gasteiger partial charge in [-0.2, -0.15) is 0 Å². The lowest BCUT2D eigenvalue weighted by molar-refractivity contribution is -0.384. The first-order valence-electron chi connectivity index (χ1n) is 6.71. The monoisotopic (exact) mass is 264 g/mol. The lowest BCUT2D eigenvalue weighted by atomic mass is 9.86. The molecule has 2 unspecified atom stereocenters. The Bertz CT molecular complexity index is 462. The second kappa shape index (κ2) is 5.91. The molecule has 1 N–H and O–H groups in total. The van der Waals surface area contributed by atoms with Crippen molar-refractivity contribution in [2.45, 2.75) is 38.6 Å². The van der Waals surface area contributed by atoms with Crippen molar-refractivity contribution < 1.29 is 9.66 Å². The zero-order valence-electron chi connectivity index (χ0n) is 11.4. The van der Waals surface area contributed by atoms with Gasteiger partial charge in [0.25, 0.3) is 0 Å². The van der Waals surface area contributed by atoms with Crippen LogP contribution in [0.25, 0.3) is 0 Å². The molecule has 0 radical (unpaired) electrons. The molecule has 0 aromatic heterocycles. The van der Waals surface area contributed by atoms with Crippen molar-refractivity contribution in [1.29, 1.82) is 0 Å². The maximum Gasteiger partial charge on any atom is 0.333 e. The van der Waals surface area contributed by atoms with Gasteiger partial charge in [0, 0.05) is 6.04 Å². The smallest absolute Gasteiger partial charge is 0.333 e. The van der Waals surface area contributed by atoms with Crippen LogP contribution in [0.15, 0.2) is 18.2 Å². The van der Waals surface area contributed by atoms with Crippen molar-refractivity contribution in [3.63, 3.8) is 0 Å². The zero-order valence-corrected chi connectivity index (χ0v) is 11.4. The Hall–Kier alpha value is -1.78. The molecule has 1 fully saturated rings. The summed E-state index contributed by atoms with van der Waals surface area (Å²) >= 11 is 0. The lowest BCUT2D eigenvalue weighted by Crippen LogP contribution is -2.30. The molecule has 1 aliphatic carbocycles. The number of hydrogen-bond donors (Lipinski definition) is 1. The van der Waals surface area contributed by atoms with E-state index in [-0.39, 0.29) is 10.6 Å². The number of nitrogens with one attached hydrogen (secondary N) is 1. The maximum absolute atomic E-state index is 11.2. The molecule has 1 saturated carbocycles. The fourth-order valence-corrected chi connectivity index (χ4v) is 2.72. The maximum atomic E-state index is 11.2. The standard InChI is InChI=1S/C14H20N2O3/c1-10-6-3-4-7-11(10)15-12-8-5-9-13(19-2)14(12)16(17)18/h5,8-11,15H,3-4,6-7H2,1-2H3. The van der Waals surface area contributed by atoms with E-state index >= 15 is 0 Å². The fraction of sp³-hybridized carbons (Fsp3) is 0.571. The van der Waals surface area contributed by atoms with Gasteiger partial charge >= 0.3 is 5.69 Å². The van der Waals surface area contributed by atoms with Crippen LogP contribution in [0.5, 0.6) is 5.75 Å². The van der Waals surface area contributed by atoms with Gasteiger partial charge in [0.2, 0.25) is 0 Å². The Morgan fingerprint density at radius 1 is 1.37 bits per heavy atom. The summed E-state index contributed by atoms with van der Waals surface area (Å²) in [6.07, 6.45) is 4.67. The highest BCUT2D eigenvalue weighted by atomic mass is 16.6. The van der Waals surface area contributed by atoms with Gasteiger partial charge in [0.15, 0.2) is 5.75 Å². The SMILES string of the molecule is COc1cccc(NC2CCCCC2C)c1[N+](=O)[O-]. The van der Waals surface area contributed by atoms with Crippen LogP contribution < -0.4 is 10.1 Å². The highest BCUT2D eigenvalue weighted by Gasteiger charge is 2.26. The number of rotatable bonds is 4. The largest absolute Gasteiger partial charge is 0.490 e. The normalized spacial score (nSPS) is 22.8. The fourth-order valence-electron chi connectivity index (χ4n) is 2.72. The highest BCUT2D eigenvalue weighted by molar-refractivity contribution is 5.68. The quantitative estimate of drug-likeness (QED) is 0.666. The minimum atomic E-state index is -0.380. The van der Waals surface area contributed by atoms with Crippen LogP contribution in [0, 0.1) is 16.0 Å². The van der Waals surface area contributed by atoms with Crippen LogP contribution in [0.2, 0.25) is 0 Å². The number of hydrogen-bond acceptors (Lipinski definition) is 4. The summed E-state index contributed by atoms with van der Waals surface area (Å²) in [6.45, 7) is 2.20. The van der Waals surface area contributed by atoms with Gasteiger partial charge < -0.3 is 10.1 Å². The summed E-state index contributed by atoms with van der Waals surface area (Å²) in [5.41, 5.74) is 0.589. The molecule has 2 atom stereocenters. The summed E-state index contributed by atoms with van der Waals surface area (Å²) in [4.78, 5) is 10.8. The molecule has 1 aromatic rings. The van der Waals surface area contributed by atoms with E-state index in [2.05, 4.69) is 12.2 Å². The van der Waals surface area contributed by atoms with Crippen molar-refractivity contribution in [2.24, 2.45) is 5.92 Å². The Morgan fingerprint density at radius 3 is 2.74 bits per heavy atom. The van der Waals surface area contributed by atoms with E-state index in [9.17, 15) is 10.1 Å². The molecule has 0 aliphatic heterocycles. The molecular formula is C14H20N2O3. The van der Waals surface area contributed by atoms with Gasteiger partial charge in [-0.1, -0.05) is 25.8 Å². The third kappa shape index (κ3) is 2.97. The summed E-state index contributed by atoms with van der Waals surface area (Å²) in [7, 11) is 1.45.